The van der Waals surface area contributed by atoms with Crippen LogP contribution in [0.25, 0.3) is 0 Å². The lowest BCUT2D eigenvalue weighted by Gasteiger charge is -2.10. The second-order valence-corrected chi connectivity index (χ2v) is 6.08. The molecule has 8 heteroatoms. The van der Waals surface area contributed by atoms with Gasteiger partial charge in [0.15, 0.2) is 5.96 Å². The van der Waals surface area contributed by atoms with E-state index in [-0.39, 0.29) is 24.0 Å². The maximum Gasteiger partial charge on any atom is 0.191 e. The molecular formula is C14H23IN6S. The van der Waals surface area contributed by atoms with Crippen molar-refractivity contribution in [3.05, 3.63) is 34.0 Å². The Morgan fingerprint density at radius 3 is 2.77 bits per heavy atom. The highest BCUT2D eigenvalue weighted by atomic mass is 127. The lowest BCUT2D eigenvalue weighted by molar-refractivity contribution is 0.766. The zero-order valence-corrected chi connectivity index (χ0v) is 16.3. The van der Waals surface area contributed by atoms with Crippen molar-refractivity contribution in [1.29, 1.82) is 0 Å². The summed E-state index contributed by atoms with van der Waals surface area (Å²) in [6.07, 6.45) is 6.65. The van der Waals surface area contributed by atoms with Gasteiger partial charge in [0.05, 0.1) is 17.7 Å². The molecule has 0 bridgehead atoms. The first kappa shape index (κ1) is 18.9. The van der Waals surface area contributed by atoms with Crippen molar-refractivity contribution in [1.82, 2.24) is 25.4 Å². The molecule has 0 aliphatic rings. The number of hydrogen-bond acceptors (Lipinski definition) is 4. The van der Waals surface area contributed by atoms with Gasteiger partial charge in [-0.1, -0.05) is 0 Å². The molecule has 2 aromatic rings. The van der Waals surface area contributed by atoms with Crippen LogP contribution in [0.5, 0.6) is 0 Å². The highest BCUT2D eigenvalue weighted by molar-refractivity contribution is 14.0. The number of aliphatic imine (C=N–C) groups is 1. The van der Waals surface area contributed by atoms with E-state index in [4.69, 9.17) is 0 Å². The number of guanidine groups is 1. The van der Waals surface area contributed by atoms with Crippen LogP contribution < -0.4 is 10.6 Å². The smallest absolute Gasteiger partial charge is 0.191 e. The topological polar surface area (TPSA) is 67.1 Å². The summed E-state index contributed by atoms with van der Waals surface area (Å²) in [4.78, 5) is 10.2. The van der Waals surface area contributed by atoms with Gasteiger partial charge in [0.25, 0.3) is 0 Å². The predicted molar refractivity (Wildman–Crippen MR) is 102 cm³/mol. The Morgan fingerprint density at radius 1 is 1.36 bits per heavy atom. The van der Waals surface area contributed by atoms with Gasteiger partial charge in [-0.05, 0) is 13.8 Å². The first-order chi connectivity index (χ1) is 10.2. The van der Waals surface area contributed by atoms with E-state index in [9.17, 15) is 0 Å². The summed E-state index contributed by atoms with van der Waals surface area (Å²) >= 11 is 1.74. The monoisotopic (exact) mass is 434 g/mol. The van der Waals surface area contributed by atoms with Gasteiger partial charge in [-0.15, -0.1) is 35.3 Å². The van der Waals surface area contributed by atoms with Crippen LogP contribution in [0.4, 0.5) is 0 Å². The Labute approximate surface area is 152 Å². The fourth-order valence-corrected chi connectivity index (χ4v) is 2.66. The number of aromatic nitrogens is 3. The van der Waals surface area contributed by atoms with Crippen LogP contribution in [-0.4, -0.2) is 33.8 Å². The third-order valence-electron chi connectivity index (χ3n) is 2.82. The second kappa shape index (κ2) is 9.78. The van der Waals surface area contributed by atoms with Gasteiger partial charge in [-0.25, -0.2) is 9.98 Å². The van der Waals surface area contributed by atoms with Crippen molar-refractivity contribution in [3.63, 3.8) is 0 Å². The molecule has 2 heterocycles. The summed E-state index contributed by atoms with van der Waals surface area (Å²) < 4.78 is 1.79. The average molecular weight is 434 g/mol. The van der Waals surface area contributed by atoms with Crippen LogP contribution in [0.2, 0.25) is 0 Å². The van der Waals surface area contributed by atoms with Crippen molar-refractivity contribution in [2.75, 3.05) is 13.1 Å². The number of rotatable bonds is 6. The maximum atomic E-state index is 4.56. The van der Waals surface area contributed by atoms with Gasteiger partial charge in [-0.2, -0.15) is 5.10 Å². The van der Waals surface area contributed by atoms with Crippen molar-refractivity contribution in [3.8, 4) is 0 Å². The molecule has 0 radical (unpaired) electrons. The molecule has 0 spiro atoms. The van der Waals surface area contributed by atoms with Crippen LogP contribution >= 0.6 is 35.3 Å². The van der Waals surface area contributed by atoms with Crippen LogP contribution in [0.15, 0.2) is 23.6 Å². The van der Waals surface area contributed by atoms with E-state index in [0.29, 0.717) is 6.54 Å². The summed E-state index contributed by atoms with van der Waals surface area (Å²) in [5.74, 6) is 0.828. The van der Waals surface area contributed by atoms with Gasteiger partial charge in [0.2, 0.25) is 0 Å². The lowest BCUT2D eigenvalue weighted by Crippen LogP contribution is -2.38. The Balaban J connectivity index is 0.00000242. The molecule has 0 saturated heterocycles. The molecule has 122 valence electrons. The number of thiazole rings is 1. The summed E-state index contributed by atoms with van der Waals surface area (Å²) in [6, 6.07) is 0. The number of aryl methyl sites for hydroxylation is 2. The van der Waals surface area contributed by atoms with Crippen molar-refractivity contribution in [2.45, 2.75) is 26.8 Å². The normalized spacial score (nSPS) is 11.1. The fraction of sp³-hybridized carbons (Fsp3) is 0.500. The van der Waals surface area contributed by atoms with Gasteiger partial charge >= 0.3 is 0 Å². The van der Waals surface area contributed by atoms with Gasteiger partial charge in [0.1, 0.15) is 0 Å². The van der Waals surface area contributed by atoms with E-state index >= 15 is 0 Å². The highest BCUT2D eigenvalue weighted by Gasteiger charge is 2.01. The summed E-state index contributed by atoms with van der Waals surface area (Å²) in [7, 11) is 1.91. The fourth-order valence-electron chi connectivity index (χ4n) is 1.87. The van der Waals surface area contributed by atoms with Crippen LogP contribution in [0.3, 0.4) is 0 Å². The third kappa shape index (κ3) is 6.30. The second-order valence-electron chi connectivity index (χ2n) is 4.76. The highest BCUT2D eigenvalue weighted by Crippen LogP contribution is 2.10. The number of hydrogen-bond donors (Lipinski definition) is 2. The molecule has 0 atom stereocenters. The van der Waals surface area contributed by atoms with E-state index in [1.54, 1.807) is 16.0 Å². The molecule has 2 aromatic heterocycles. The van der Waals surface area contributed by atoms with Crippen molar-refractivity contribution in [2.24, 2.45) is 12.0 Å². The molecule has 6 nitrogen and oxygen atoms in total. The molecule has 22 heavy (non-hydrogen) atoms. The van der Waals surface area contributed by atoms with E-state index in [1.165, 1.54) is 4.88 Å². The minimum Gasteiger partial charge on any atom is -0.357 e. The van der Waals surface area contributed by atoms with E-state index in [2.05, 4.69) is 39.6 Å². The quantitative estimate of drug-likeness (QED) is 0.415. The molecule has 0 amide bonds. The summed E-state index contributed by atoms with van der Waals surface area (Å²) in [5, 5.41) is 11.9. The minimum absolute atomic E-state index is 0. The van der Waals surface area contributed by atoms with Crippen LogP contribution in [-0.2, 0) is 20.0 Å². The molecule has 0 saturated carbocycles. The van der Waals surface area contributed by atoms with Crippen molar-refractivity contribution >= 4 is 41.3 Å². The van der Waals surface area contributed by atoms with Crippen LogP contribution in [0, 0.1) is 6.92 Å². The Hall–Kier alpha value is -1.16. The average Bonchev–Trinajstić information content (AvgIpc) is 3.05. The van der Waals surface area contributed by atoms with Gasteiger partial charge in [-0.3, -0.25) is 4.68 Å². The van der Waals surface area contributed by atoms with E-state index in [1.807, 2.05) is 25.6 Å². The number of nitrogens with one attached hydrogen (secondary N) is 2. The van der Waals surface area contributed by atoms with Crippen molar-refractivity contribution < 1.29 is 0 Å². The molecule has 2 N–H and O–H groups in total. The molecular weight excluding hydrogens is 411 g/mol. The van der Waals surface area contributed by atoms with E-state index in [0.717, 1.165) is 36.0 Å². The first-order valence-corrected chi connectivity index (χ1v) is 7.90. The Bertz CT molecular complexity index is 592. The zero-order valence-electron chi connectivity index (χ0n) is 13.2. The molecule has 0 fully saturated rings. The summed E-state index contributed by atoms with van der Waals surface area (Å²) in [6.45, 7) is 6.43. The zero-order chi connectivity index (χ0) is 15.1. The third-order valence-corrected chi connectivity index (χ3v) is 3.80. The molecule has 0 aromatic carbocycles. The molecule has 0 aliphatic carbocycles. The number of halogens is 1. The Morgan fingerprint density at radius 2 is 2.18 bits per heavy atom. The molecule has 0 aliphatic heterocycles. The lowest BCUT2D eigenvalue weighted by atomic mass is 10.4. The Kier molecular flexibility index (Phi) is 8.39. The van der Waals surface area contributed by atoms with E-state index < -0.39 is 0 Å². The SMILES string of the molecule is CCNC(=NCc1cnn(C)c1)NCCc1ncc(C)s1.I. The molecule has 0 unspecified atom stereocenters. The number of nitrogens with zero attached hydrogens (tertiary/aromatic N) is 4. The summed E-state index contributed by atoms with van der Waals surface area (Å²) in [5.41, 5.74) is 1.10. The van der Waals surface area contributed by atoms with Gasteiger partial charge in [0, 0.05) is 49.4 Å². The molecule has 2 rings (SSSR count). The maximum absolute atomic E-state index is 4.56. The predicted octanol–water partition coefficient (Wildman–Crippen LogP) is 2.10. The first-order valence-electron chi connectivity index (χ1n) is 7.08. The minimum atomic E-state index is 0. The van der Waals surface area contributed by atoms with Gasteiger partial charge < -0.3 is 10.6 Å². The largest absolute Gasteiger partial charge is 0.357 e. The van der Waals surface area contributed by atoms with Crippen LogP contribution in [0.1, 0.15) is 22.4 Å². The standard InChI is InChI=1S/C14H22N6S.HI/c1-4-15-14(18-8-12-9-19-20(3)10-12)16-6-5-13-17-7-11(2)21-13;/h7,9-10H,4-6,8H2,1-3H3,(H2,15,16,18);1H.